The Labute approximate surface area is 157 Å². The van der Waals surface area contributed by atoms with E-state index in [0.29, 0.717) is 0 Å². The van der Waals surface area contributed by atoms with Crippen LogP contribution in [0, 0.1) is 5.82 Å². The van der Waals surface area contributed by atoms with E-state index < -0.39 is 42.4 Å². The monoisotopic (exact) mass is 397 g/mol. The van der Waals surface area contributed by atoms with Crippen molar-refractivity contribution in [1.29, 1.82) is 0 Å². The van der Waals surface area contributed by atoms with Crippen LogP contribution in [0.15, 0.2) is 42.5 Å². The Morgan fingerprint density at radius 1 is 1.04 bits per heavy atom. The standard InChI is InChI=1S/C18H14F3NO6/c1-26-12-6-7-13(14(19)8-12)17(25)27-9-15(23)22-16(24)10-2-4-11(5-3-10)28-18(20)21/h2-8,18H,9H2,1H3,(H,22,23,24). The zero-order chi connectivity index (χ0) is 20.7. The van der Waals surface area contributed by atoms with Crippen LogP contribution in [0.2, 0.25) is 0 Å². The molecule has 0 radical (unpaired) electrons. The highest BCUT2D eigenvalue weighted by Gasteiger charge is 2.17. The molecule has 7 nitrogen and oxygen atoms in total. The molecule has 10 heteroatoms. The molecule has 0 fully saturated rings. The van der Waals surface area contributed by atoms with Crippen molar-refractivity contribution in [3.63, 3.8) is 0 Å². The van der Waals surface area contributed by atoms with Crippen molar-refractivity contribution >= 4 is 17.8 Å². The average molecular weight is 397 g/mol. The number of nitrogens with one attached hydrogen (secondary N) is 1. The molecule has 2 amide bonds. The van der Waals surface area contributed by atoms with Gasteiger partial charge in [0.1, 0.15) is 17.3 Å². The summed E-state index contributed by atoms with van der Waals surface area (Å²) in [5.74, 6) is -3.76. The molecule has 0 aromatic heterocycles. The number of hydrogen-bond acceptors (Lipinski definition) is 6. The Morgan fingerprint density at radius 2 is 1.68 bits per heavy atom. The molecule has 0 saturated heterocycles. The highest BCUT2D eigenvalue weighted by Crippen LogP contribution is 2.17. The molecule has 0 unspecified atom stereocenters. The number of esters is 1. The van der Waals surface area contributed by atoms with Gasteiger partial charge in [-0.3, -0.25) is 14.9 Å². The minimum absolute atomic E-state index is 0.0116. The van der Waals surface area contributed by atoms with Crippen LogP contribution >= 0.6 is 0 Å². The topological polar surface area (TPSA) is 90.9 Å². The molecule has 2 aromatic carbocycles. The van der Waals surface area contributed by atoms with E-state index in [1.807, 2.05) is 5.32 Å². The highest BCUT2D eigenvalue weighted by atomic mass is 19.3. The lowest BCUT2D eigenvalue weighted by Gasteiger charge is -2.08. The van der Waals surface area contributed by atoms with Crippen LogP contribution in [-0.2, 0) is 9.53 Å². The van der Waals surface area contributed by atoms with Crippen molar-refractivity contribution in [2.75, 3.05) is 13.7 Å². The van der Waals surface area contributed by atoms with Crippen LogP contribution in [-0.4, -0.2) is 38.1 Å². The lowest BCUT2D eigenvalue weighted by Crippen LogP contribution is -2.34. The summed E-state index contributed by atoms with van der Waals surface area (Å²) in [5, 5.41) is 1.94. The molecule has 0 spiro atoms. The number of methoxy groups -OCH3 is 1. The largest absolute Gasteiger partial charge is 0.497 e. The fraction of sp³-hybridized carbons (Fsp3) is 0.167. The van der Waals surface area contributed by atoms with Crippen LogP contribution in [0.25, 0.3) is 0 Å². The number of carbonyl (C=O) groups is 3. The molecule has 28 heavy (non-hydrogen) atoms. The summed E-state index contributed by atoms with van der Waals surface area (Å²) < 4.78 is 51.5. The van der Waals surface area contributed by atoms with E-state index in [0.717, 1.165) is 24.3 Å². The van der Waals surface area contributed by atoms with Gasteiger partial charge in [-0.1, -0.05) is 0 Å². The van der Waals surface area contributed by atoms with Crippen molar-refractivity contribution in [3.05, 3.63) is 59.4 Å². The Morgan fingerprint density at radius 3 is 2.25 bits per heavy atom. The third-order valence-corrected chi connectivity index (χ3v) is 3.33. The fourth-order valence-corrected chi connectivity index (χ4v) is 2.02. The number of halogens is 3. The molecule has 2 aromatic rings. The van der Waals surface area contributed by atoms with Crippen molar-refractivity contribution in [2.45, 2.75) is 6.61 Å². The summed E-state index contributed by atoms with van der Waals surface area (Å²) in [6.45, 7) is -3.84. The number of alkyl halides is 2. The lowest BCUT2D eigenvalue weighted by atomic mass is 10.2. The van der Waals surface area contributed by atoms with Crippen LogP contribution in [0.1, 0.15) is 20.7 Å². The Hall–Kier alpha value is -3.56. The zero-order valence-electron chi connectivity index (χ0n) is 14.4. The third kappa shape index (κ3) is 5.73. The van der Waals surface area contributed by atoms with E-state index in [2.05, 4.69) is 9.47 Å². The van der Waals surface area contributed by atoms with E-state index in [1.54, 1.807) is 0 Å². The van der Waals surface area contributed by atoms with Gasteiger partial charge < -0.3 is 14.2 Å². The maximum Gasteiger partial charge on any atom is 0.387 e. The second-order valence-corrected chi connectivity index (χ2v) is 5.20. The minimum atomic E-state index is -3.01. The van der Waals surface area contributed by atoms with Crippen LogP contribution in [0.3, 0.4) is 0 Å². The zero-order valence-corrected chi connectivity index (χ0v) is 14.4. The van der Waals surface area contributed by atoms with Gasteiger partial charge in [-0.2, -0.15) is 8.78 Å². The molecule has 0 bridgehead atoms. The summed E-state index contributed by atoms with van der Waals surface area (Å²) in [6.07, 6.45) is 0. The summed E-state index contributed by atoms with van der Waals surface area (Å²) in [4.78, 5) is 35.4. The van der Waals surface area contributed by atoms with Gasteiger partial charge in [0, 0.05) is 11.6 Å². The smallest absolute Gasteiger partial charge is 0.387 e. The average Bonchev–Trinajstić information content (AvgIpc) is 2.66. The van der Waals surface area contributed by atoms with Gasteiger partial charge in [0.05, 0.1) is 12.7 Å². The van der Waals surface area contributed by atoms with Crippen LogP contribution in [0.4, 0.5) is 13.2 Å². The van der Waals surface area contributed by atoms with Crippen LogP contribution < -0.4 is 14.8 Å². The Kier molecular flexibility index (Phi) is 6.96. The maximum atomic E-state index is 13.8. The van der Waals surface area contributed by atoms with E-state index in [4.69, 9.17) is 4.74 Å². The van der Waals surface area contributed by atoms with E-state index in [-0.39, 0.29) is 17.1 Å². The second-order valence-electron chi connectivity index (χ2n) is 5.20. The molecule has 0 atom stereocenters. The van der Waals surface area contributed by atoms with Crippen molar-refractivity contribution < 1.29 is 41.8 Å². The SMILES string of the molecule is COc1ccc(C(=O)OCC(=O)NC(=O)c2ccc(OC(F)F)cc2)c(F)c1. The van der Waals surface area contributed by atoms with Gasteiger partial charge in [0.2, 0.25) is 0 Å². The summed E-state index contributed by atoms with van der Waals surface area (Å²) >= 11 is 0. The van der Waals surface area contributed by atoms with Crippen molar-refractivity contribution in [2.24, 2.45) is 0 Å². The molecule has 2 rings (SSSR count). The first-order valence-corrected chi connectivity index (χ1v) is 7.70. The molecule has 0 saturated carbocycles. The van der Waals surface area contributed by atoms with Crippen molar-refractivity contribution in [1.82, 2.24) is 5.32 Å². The van der Waals surface area contributed by atoms with Gasteiger partial charge in [0.15, 0.2) is 6.61 Å². The van der Waals surface area contributed by atoms with Crippen molar-refractivity contribution in [3.8, 4) is 11.5 Å². The number of hydrogen-bond donors (Lipinski definition) is 1. The van der Waals surface area contributed by atoms with Crippen LogP contribution in [0.5, 0.6) is 11.5 Å². The third-order valence-electron chi connectivity index (χ3n) is 3.33. The van der Waals surface area contributed by atoms with Gasteiger partial charge in [-0.05, 0) is 36.4 Å². The molecule has 1 N–H and O–H groups in total. The first-order chi connectivity index (χ1) is 13.3. The number of ether oxygens (including phenoxy) is 3. The molecular weight excluding hydrogens is 383 g/mol. The summed E-state index contributed by atoms with van der Waals surface area (Å²) in [6, 6.07) is 8.02. The highest BCUT2D eigenvalue weighted by molar-refractivity contribution is 6.05. The Bertz CT molecular complexity index is 870. The Balaban J connectivity index is 1.88. The normalized spacial score (nSPS) is 10.3. The van der Waals surface area contributed by atoms with Gasteiger partial charge in [-0.15, -0.1) is 0 Å². The number of amides is 2. The quantitative estimate of drug-likeness (QED) is 0.722. The van der Waals surface area contributed by atoms with E-state index in [1.165, 1.54) is 25.3 Å². The number of rotatable bonds is 7. The number of benzene rings is 2. The number of carbonyl (C=O) groups excluding carboxylic acids is 3. The first-order valence-electron chi connectivity index (χ1n) is 7.70. The summed E-state index contributed by atoms with van der Waals surface area (Å²) in [5.41, 5.74) is -0.419. The molecule has 0 heterocycles. The van der Waals surface area contributed by atoms with Gasteiger partial charge in [-0.25, -0.2) is 9.18 Å². The van der Waals surface area contributed by atoms with Gasteiger partial charge in [0.25, 0.3) is 11.8 Å². The predicted molar refractivity (Wildman–Crippen MR) is 88.8 cm³/mol. The second kappa shape index (κ2) is 9.40. The molecular formula is C18H14F3NO6. The fourth-order valence-electron chi connectivity index (χ4n) is 2.02. The molecule has 0 aliphatic heterocycles. The minimum Gasteiger partial charge on any atom is -0.497 e. The first kappa shape index (κ1) is 20.7. The molecule has 0 aliphatic rings. The van der Waals surface area contributed by atoms with E-state index in [9.17, 15) is 27.6 Å². The molecule has 148 valence electrons. The predicted octanol–water partition coefficient (Wildman–Crippen LogP) is 2.55. The van der Waals surface area contributed by atoms with E-state index >= 15 is 0 Å². The number of imide groups is 1. The summed E-state index contributed by atoms with van der Waals surface area (Å²) in [7, 11) is 1.33. The van der Waals surface area contributed by atoms with Gasteiger partial charge >= 0.3 is 12.6 Å². The lowest BCUT2D eigenvalue weighted by molar-refractivity contribution is -0.123. The maximum absolute atomic E-state index is 13.8. The molecule has 0 aliphatic carbocycles.